The maximum atomic E-state index is 16.1. The van der Waals surface area contributed by atoms with E-state index in [-0.39, 0.29) is 104 Å². The van der Waals surface area contributed by atoms with Crippen LogP contribution in [-0.4, -0.2) is 46.1 Å². The Morgan fingerprint density at radius 1 is 0.700 bits per heavy atom. The van der Waals surface area contributed by atoms with Crippen LogP contribution in [0.2, 0.25) is 10.0 Å². The number of fused-ring (bicyclic) bond motifs is 4. The van der Waals surface area contributed by atoms with Gasteiger partial charge in [0.15, 0.2) is 50.4 Å². The highest BCUT2D eigenvalue weighted by atomic mass is 127. The second kappa shape index (κ2) is 18.1. The van der Waals surface area contributed by atoms with Crippen LogP contribution in [-0.2, 0) is 0 Å². The lowest BCUT2D eigenvalue weighted by atomic mass is 10.0. The molecule has 346 valence electrons. The summed E-state index contributed by atoms with van der Waals surface area (Å²) < 4.78 is 67.3. The number of pyridine rings is 2. The van der Waals surface area contributed by atoms with Gasteiger partial charge >= 0.3 is 6.01 Å². The van der Waals surface area contributed by atoms with Crippen molar-refractivity contribution in [3.8, 4) is 67.4 Å². The highest BCUT2D eigenvalue weighted by Gasteiger charge is 2.24. The fourth-order valence-electron chi connectivity index (χ4n) is 7.19. The lowest BCUT2D eigenvalue weighted by Gasteiger charge is -2.13. The Bertz CT molecular complexity index is 4250. The molecule has 7 aromatic heterocycles. The second-order valence-electron chi connectivity index (χ2n) is 14.5. The van der Waals surface area contributed by atoms with Gasteiger partial charge in [0.2, 0.25) is 21.4 Å². The van der Waals surface area contributed by atoms with Gasteiger partial charge < -0.3 is 26.1 Å². The molecule has 0 radical (unpaired) electrons. The molecule has 0 saturated carbocycles. The monoisotopic (exact) mass is 1160 g/mol. The maximum absolute atomic E-state index is 16.1. The molecule has 0 N–H and O–H groups in total. The summed E-state index contributed by atoms with van der Waals surface area (Å²) in [6, 6.07) is 21.5. The van der Waals surface area contributed by atoms with Gasteiger partial charge in [-0.15, -0.1) is 0 Å². The zero-order valence-corrected chi connectivity index (χ0v) is 41.5. The summed E-state index contributed by atoms with van der Waals surface area (Å²) in [5, 5.41) is 0.150. The summed E-state index contributed by atoms with van der Waals surface area (Å²) in [6.45, 7) is 0. The van der Waals surface area contributed by atoms with Crippen LogP contribution in [0.15, 0.2) is 116 Å². The molecule has 0 aliphatic rings. The zero-order chi connectivity index (χ0) is 48.5. The van der Waals surface area contributed by atoms with Gasteiger partial charge in [0.05, 0.1) is 39.3 Å². The minimum atomic E-state index is -0.809. The van der Waals surface area contributed by atoms with Crippen molar-refractivity contribution in [2.75, 3.05) is 7.11 Å². The fourth-order valence-corrected chi connectivity index (χ4v) is 10.5. The molecule has 70 heavy (non-hydrogen) atoms. The average molecular weight is 1160 g/mol. The van der Waals surface area contributed by atoms with Crippen LogP contribution >= 0.6 is 93.3 Å². The first-order valence-corrected chi connectivity index (χ1v) is 23.9. The maximum Gasteiger partial charge on any atom is 0.323 e. The van der Waals surface area contributed by atoms with Gasteiger partial charge in [-0.1, -0.05) is 76.2 Å². The van der Waals surface area contributed by atoms with Crippen LogP contribution in [0.5, 0.6) is 34.8 Å². The first-order chi connectivity index (χ1) is 33.8. The van der Waals surface area contributed by atoms with E-state index in [1.165, 1.54) is 43.8 Å². The van der Waals surface area contributed by atoms with Crippen molar-refractivity contribution in [2.24, 2.45) is 0 Å². The van der Waals surface area contributed by atoms with Gasteiger partial charge in [0.25, 0.3) is 20.8 Å². The molecule has 0 unspecified atom stereocenters. The van der Waals surface area contributed by atoms with Crippen molar-refractivity contribution >= 4 is 136 Å². The van der Waals surface area contributed by atoms with Crippen molar-refractivity contribution in [3.63, 3.8) is 0 Å². The molecule has 16 nitrogen and oxygen atoms in total. The Balaban J connectivity index is 0.983. The predicted octanol–water partition coefficient (Wildman–Crippen LogP) is 13.0. The van der Waals surface area contributed by atoms with Gasteiger partial charge in [0.1, 0.15) is 34.4 Å². The lowest BCUT2D eigenvalue weighted by Crippen LogP contribution is -2.20. The molecule has 0 spiro atoms. The molecule has 0 saturated heterocycles. The lowest BCUT2D eigenvalue weighted by molar-refractivity contribution is 0.404. The van der Waals surface area contributed by atoms with Gasteiger partial charge in [-0.25, -0.2) is 42.8 Å². The second-order valence-corrected chi connectivity index (χ2v) is 18.4. The molecular weight excluding hydrogens is 1140 g/mol. The molecule has 11 rings (SSSR count). The number of nitrogens with zero attached hydrogens (tertiary/aromatic N) is 8. The Hall–Kier alpha value is -6.87. The van der Waals surface area contributed by atoms with E-state index < -0.39 is 22.8 Å². The number of ether oxygens (including phenoxy) is 3. The van der Waals surface area contributed by atoms with Crippen molar-refractivity contribution < 1.29 is 34.9 Å². The van der Waals surface area contributed by atoms with Gasteiger partial charge in [-0.3, -0.25) is 9.59 Å². The molecule has 0 fully saturated rings. The summed E-state index contributed by atoms with van der Waals surface area (Å²) >= 11 is 27.5. The van der Waals surface area contributed by atoms with Crippen LogP contribution in [0, 0.1) is 21.3 Å². The van der Waals surface area contributed by atoms with Gasteiger partial charge in [0, 0.05) is 35.5 Å². The third-order valence-electron chi connectivity index (χ3n) is 10.3. The third-order valence-corrected chi connectivity index (χ3v) is 13.9. The first-order valence-electron chi connectivity index (χ1n) is 19.8. The summed E-state index contributed by atoms with van der Waals surface area (Å²) in [5.74, 6) is -0.681. The van der Waals surface area contributed by atoms with Gasteiger partial charge in [-0.2, -0.15) is 4.98 Å². The minimum Gasteiger partial charge on any atom is -0.493 e. The largest absolute Gasteiger partial charge is 0.493 e. The number of rotatable bonds is 10. The Kier molecular flexibility index (Phi) is 11.8. The van der Waals surface area contributed by atoms with E-state index >= 15 is 4.39 Å². The number of thiazole rings is 2. The van der Waals surface area contributed by atoms with Crippen LogP contribution < -0.4 is 28.4 Å². The summed E-state index contributed by atoms with van der Waals surface area (Å²) in [5.41, 5.74) is 0.331. The summed E-state index contributed by atoms with van der Waals surface area (Å²) in [4.78, 5) is 54.7. The highest BCUT2D eigenvalue weighted by Crippen LogP contribution is 2.42. The Morgan fingerprint density at radius 3 is 2.17 bits per heavy atom. The minimum absolute atomic E-state index is 0.00129. The predicted molar refractivity (Wildman–Crippen MR) is 271 cm³/mol. The van der Waals surface area contributed by atoms with E-state index in [0.29, 0.717) is 20.6 Å². The van der Waals surface area contributed by atoms with Crippen molar-refractivity contribution in [1.29, 1.82) is 0 Å². The molecule has 7 heterocycles. The number of aromatic nitrogens is 8. The van der Waals surface area contributed by atoms with E-state index in [2.05, 4.69) is 24.9 Å². The Morgan fingerprint density at radius 2 is 1.43 bits per heavy atom. The molecule has 0 bridgehead atoms. The molecular formula is C45H19Cl2F2IN8O8S4. The van der Waals surface area contributed by atoms with Crippen molar-refractivity contribution in [1.82, 2.24) is 39.0 Å². The standard InChI is InChI=1S/C45H19Cl2F2IN8O8S4/c1-61-29-9-10-51-34-36(29)64-44(67)57(39(34)59)43-55-33-21(18-5-3-2-4-6-18)12-20(13-32(33)69-43)62-30-14-22(25(49)15-24(30)47)26-16-31(66-50)37-35(53-26)40(60)58(45(68)65-37)42-54-27-17-52-41(56-38(27)70-42)63-28-8-7-19(48)11-23(28)46/h2-17H,1H3. The quantitative estimate of drug-likeness (QED) is 0.0929. The van der Waals surface area contributed by atoms with E-state index in [1.807, 2.05) is 30.3 Å². The van der Waals surface area contributed by atoms with Crippen LogP contribution in [0.1, 0.15) is 0 Å². The average Bonchev–Trinajstić information content (AvgIpc) is 3.97. The molecule has 25 heteroatoms. The van der Waals surface area contributed by atoms with Crippen molar-refractivity contribution in [2.45, 2.75) is 0 Å². The van der Waals surface area contributed by atoms with E-state index in [0.717, 1.165) is 49.5 Å². The van der Waals surface area contributed by atoms with E-state index in [9.17, 15) is 14.0 Å². The number of hydrogen-bond acceptors (Lipinski definition) is 18. The normalized spacial score (nSPS) is 11.5. The smallest absolute Gasteiger partial charge is 0.323 e. The van der Waals surface area contributed by atoms with Crippen molar-refractivity contribution in [3.05, 3.63) is 149 Å². The molecule has 0 amide bonds. The van der Waals surface area contributed by atoms with Crippen LogP contribution in [0.3, 0.4) is 0 Å². The van der Waals surface area contributed by atoms with E-state index in [4.69, 9.17) is 78.7 Å². The SMILES string of the molecule is COc1ccnc2c(=O)n(-c3nc4c(-c5ccccc5)cc(Oc5cc(-c6cc(OI)c7oc(=S)n(-c8nc9cnc(Oc%10ccc(F)cc%10Cl)nc9s8)c(=O)c7n6)c(F)cc5Cl)cc4s3)c(=S)oc12. The third kappa shape index (κ3) is 8.11. The number of methoxy groups -OCH3 is 1. The first kappa shape index (κ1) is 45.6. The van der Waals surface area contributed by atoms with E-state index in [1.54, 1.807) is 41.2 Å². The topological polar surface area (TPSA) is 185 Å². The fraction of sp³-hybridized carbons (Fsp3) is 0.0222. The number of halogens is 5. The molecule has 11 aromatic rings. The highest BCUT2D eigenvalue weighted by molar-refractivity contribution is 14.1. The summed E-state index contributed by atoms with van der Waals surface area (Å²) in [6.07, 6.45) is 2.78. The van der Waals surface area contributed by atoms with Gasteiger partial charge in [-0.05, 0) is 66.4 Å². The Labute approximate surface area is 430 Å². The molecule has 0 atom stereocenters. The molecule has 0 aliphatic carbocycles. The molecule has 0 aliphatic heterocycles. The van der Waals surface area contributed by atoms with Crippen LogP contribution in [0.25, 0.3) is 75.4 Å². The molecule has 4 aromatic carbocycles. The number of hydrogen-bond donors (Lipinski definition) is 0. The zero-order valence-electron chi connectivity index (χ0n) is 34.6. The van der Waals surface area contributed by atoms with Crippen LogP contribution in [0.4, 0.5) is 8.78 Å². The summed E-state index contributed by atoms with van der Waals surface area (Å²) in [7, 11) is 1.44. The number of benzene rings is 4.